The van der Waals surface area contributed by atoms with Crippen molar-refractivity contribution in [1.82, 2.24) is 24.1 Å². The molecule has 6 heteroatoms. The maximum atomic E-state index is 7.02. The second-order valence-corrected chi connectivity index (χ2v) is 17.6. The molecular weight excluding hydrogens is 843 g/mol. The van der Waals surface area contributed by atoms with E-state index in [4.69, 9.17) is 19.4 Å². The van der Waals surface area contributed by atoms with Crippen molar-refractivity contribution in [2.45, 2.75) is 0 Å². The zero-order valence-corrected chi connectivity index (χ0v) is 37.2. The molecule has 0 N–H and O–H groups in total. The first-order valence-electron chi connectivity index (χ1n) is 23.3. The second kappa shape index (κ2) is 15.6. The van der Waals surface area contributed by atoms with E-state index in [0.29, 0.717) is 17.5 Å². The molecule has 0 radical (unpaired) electrons. The monoisotopic (exact) mass is 881 g/mol. The van der Waals surface area contributed by atoms with Gasteiger partial charge in [-0.05, 0) is 76.9 Å². The Hall–Kier alpha value is -9.39. The highest BCUT2D eigenvalue weighted by Gasteiger charge is 2.24. The topological polar surface area (TPSA) is 61.7 Å². The quantitative estimate of drug-likeness (QED) is 0.160. The number of nitrogens with zero attached hydrogens (tertiary/aromatic N) is 5. The molecule has 0 atom stereocenters. The van der Waals surface area contributed by atoms with Crippen LogP contribution in [0.25, 0.3) is 133 Å². The predicted octanol–water partition coefficient (Wildman–Crippen LogP) is 16.3. The van der Waals surface area contributed by atoms with Crippen LogP contribution in [-0.4, -0.2) is 24.1 Å². The minimum atomic E-state index is 0.584. The van der Waals surface area contributed by atoms with Gasteiger partial charge in [-0.2, -0.15) is 0 Å². The third kappa shape index (κ3) is 6.30. The summed E-state index contributed by atoms with van der Waals surface area (Å²) in [7, 11) is 0. The summed E-state index contributed by atoms with van der Waals surface area (Å²) >= 11 is 0. The number of hydrogen-bond donors (Lipinski definition) is 0. The highest BCUT2D eigenvalue weighted by molar-refractivity contribution is 6.23. The summed E-state index contributed by atoms with van der Waals surface area (Å²) in [5.41, 5.74) is 15.5. The van der Waals surface area contributed by atoms with Gasteiger partial charge in [-0.15, -0.1) is 0 Å². The Labute approximate surface area is 396 Å². The minimum absolute atomic E-state index is 0.584. The van der Waals surface area contributed by atoms with Crippen LogP contribution < -0.4 is 0 Å². The first-order chi connectivity index (χ1) is 34.2. The van der Waals surface area contributed by atoms with Gasteiger partial charge < -0.3 is 13.6 Å². The standard InChI is InChI=1S/C63H39N5O/c1-4-15-40(16-5-1)42-27-31-44(32-28-42)61-64-62(45-33-29-43(30-34-45)41-17-6-2-7-18-41)66-63(65-61)46-35-38-57-53(39-46)52-37-36-51-50-23-14-26-56(58(50)67(59(51)60(52)69-57)47-19-8-3-9-20-47)68-54-24-12-10-21-48(54)49-22-11-13-25-55(49)68/h1-39H. The normalized spacial score (nSPS) is 11.8. The maximum Gasteiger partial charge on any atom is 0.164 e. The minimum Gasteiger partial charge on any atom is -0.454 e. The summed E-state index contributed by atoms with van der Waals surface area (Å²) in [4.78, 5) is 15.5. The lowest BCUT2D eigenvalue weighted by Crippen LogP contribution is -2.00. The van der Waals surface area contributed by atoms with Crippen LogP contribution in [0.4, 0.5) is 0 Å². The van der Waals surface area contributed by atoms with Crippen molar-refractivity contribution < 1.29 is 4.42 Å². The molecule has 6 nitrogen and oxygen atoms in total. The van der Waals surface area contributed by atoms with E-state index < -0.39 is 0 Å². The fraction of sp³-hybridized carbons (Fsp3) is 0. The van der Waals surface area contributed by atoms with E-state index in [9.17, 15) is 0 Å². The number of furan rings is 1. The van der Waals surface area contributed by atoms with Gasteiger partial charge in [0.25, 0.3) is 0 Å². The zero-order valence-electron chi connectivity index (χ0n) is 37.2. The van der Waals surface area contributed by atoms with Crippen LogP contribution in [0.5, 0.6) is 0 Å². The van der Waals surface area contributed by atoms with Gasteiger partial charge in [0, 0.05) is 54.7 Å². The van der Waals surface area contributed by atoms with Gasteiger partial charge >= 0.3 is 0 Å². The third-order valence-electron chi connectivity index (χ3n) is 13.6. The number of benzene rings is 10. The lowest BCUT2D eigenvalue weighted by atomic mass is 10.0. The maximum absolute atomic E-state index is 7.02. The number of aromatic nitrogens is 5. The average Bonchev–Trinajstić information content (AvgIpc) is 4.09. The molecule has 0 spiro atoms. The Balaban J connectivity index is 0.963. The van der Waals surface area contributed by atoms with Crippen LogP contribution in [-0.2, 0) is 0 Å². The molecular formula is C63H39N5O. The Morgan fingerprint density at radius 2 is 0.739 bits per heavy atom. The van der Waals surface area contributed by atoms with Crippen LogP contribution >= 0.6 is 0 Å². The van der Waals surface area contributed by atoms with E-state index in [1.807, 2.05) is 12.1 Å². The number of fused-ring (bicyclic) bond motifs is 10. The molecule has 14 aromatic rings. The molecule has 0 bridgehead atoms. The first-order valence-corrected chi connectivity index (χ1v) is 23.3. The van der Waals surface area contributed by atoms with E-state index >= 15 is 0 Å². The van der Waals surface area contributed by atoms with Gasteiger partial charge in [-0.25, -0.2) is 15.0 Å². The van der Waals surface area contributed by atoms with Crippen LogP contribution in [0, 0.1) is 0 Å². The van der Waals surface area contributed by atoms with E-state index in [1.165, 1.54) is 10.8 Å². The first kappa shape index (κ1) is 38.8. The largest absolute Gasteiger partial charge is 0.454 e. The summed E-state index contributed by atoms with van der Waals surface area (Å²) in [6.07, 6.45) is 0. The van der Waals surface area contributed by atoms with Crippen molar-refractivity contribution in [3.63, 3.8) is 0 Å². The van der Waals surface area contributed by atoms with Crippen molar-refractivity contribution in [3.05, 3.63) is 237 Å². The Morgan fingerprint density at radius 3 is 1.33 bits per heavy atom. The molecule has 0 aliphatic heterocycles. The summed E-state index contributed by atoms with van der Waals surface area (Å²) in [6.45, 7) is 0. The molecule has 10 aromatic carbocycles. The summed E-state index contributed by atoms with van der Waals surface area (Å²) < 4.78 is 11.8. The highest BCUT2D eigenvalue weighted by atomic mass is 16.3. The van der Waals surface area contributed by atoms with E-state index in [2.05, 4.69) is 234 Å². The van der Waals surface area contributed by atoms with Crippen LogP contribution in [0.2, 0.25) is 0 Å². The Bertz CT molecular complexity index is 4110. The van der Waals surface area contributed by atoms with E-state index in [1.54, 1.807) is 0 Å². The van der Waals surface area contributed by atoms with Crippen LogP contribution in [0.3, 0.4) is 0 Å². The fourth-order valence-electron chi connectivity index (χ4n) is 10.3. The van der Waals surface area contributed by atoms with Gasteiger partial charge in [0.2, 0.25) is 0 Å². The van der Waals surface area contributed by atoms with Gasteiger partial charge in [0.1, 0.15) is 5.58 Å². The zero-order chi connectivity index (χ0) is 45.4. The Kier molecular flexibility index (Phi) is 8.79. The van der Waals surface area contributed by atoms with Crippen molar-refractivity contribution in [2.24, 2.45) is 0 Å². The molecule has 0 aliphatic carbocycles. The molecule has 0 aliphatic rings. The third-order valence-corrected chi connectivity index (χ3v) is 13.6. The predicted molar refractivity (Wildman–Crippen MR) is 283 cm³/mol. The molecule has 0 amide bonds. The smallest absolute Gasteiger partial charge is 0.164 e. The summed E-state index contributed by atoms with van der Waals surface area (Å²) in [5.74, 6) is 1.79. The number of para-hydroxylation sites is 4. The molecule has 0 unspecified atom stereocenters. The van der Waals surface area contributed by atoms with Crippen molar-refractivity contribution in [1.29, 1.82) is 0 Å². The van der Waals surface area contributed by atoms with Gasteiger partial charge in [0.05, 0.1) is 27.8 Å². The molecule has 0 fully saturated rings. The molecule has 0 saturated heterocycles. The van der Waals surface area contributed by atoms with Gasteiger partial charge in [-0.3, -0.25) is 0 Å². The highest BCUT2D eigenvalue weighted by Crippen LogP contribution is 2.44. The van der Waals surface area contributed by atoms with E-state index in [0.717, 1.165) is 105 Å². The van der Waals surface area contributed by atoms with Crippen molar-refractivity contribution in [3.8, 4) is 67.8 Å². The van der Waals surface area contributed by atoms with Crippen LogP contribution in [0.15, 0.2) is 241 Å². The number of rotatable bonds is 7. The Morgan fingerprint density at radius 1 is 0.290 bits per heavy atom. The molecule has 322 valence electrons. The lowest BCUT2D eigenvalue weighted by molar-refractivity contribution is 0.671. The van der Waals surface area contributed by atoms with E-state index in [-0.39, 0.29) is 0 Å². The van der Waals surface area contributed by atoms with Crippen LogP contribution in [0.1, 0.15) is 0 Å². The molecule has 4 heterocycles. The summed E-state index contributed by atoms with van der Waals surface area (Å²) in [6, 6.07) is 83.2. The fourth-order valence-corrected chi connectivity index (χ4v) is 10.3. The summed E-state index contributed by atoms with van der Waals surface area (Å²) in [5, 5.41) is 6.71. The SMILES string of the molecule is c1ccc(-c2ccc(-c3nc(-c4ccc(-c5ccccc5)cc4)nc(-c4ccc5oc6c(ccc7c8cccc(-n9c%10ccccc%10c%10ccccc%109)c8n(-c8ccccc8)c76)c5c4)n3)cc2)cc1. The van der Waals surface area contributed by atoms with Crippen molar-refractivity contribution in [2.75, 3.05) is 0 Å². The number of hydrogen-bond acceptors (Lipinski definition) is 4. The second-order valence-electron chi connectivity index (χ2n) is 17.6. The lowest BCUT2D eigenvalue weighted by Gasteiger charge is -2.14. The van der Waals surface area contributed by atoms with Gasteiger partial charge in [-0.1, -0.05) is 182 Å². The molecule has 14 rings (SSSR count). The van der Waals surface area contributed by atoms with Crippen molar-refractivity contribution >= 4 is 65.6 Å². The molecule has 69 heavy (non-hydrogen) atoms. The molecule has 4 aromatic heterocycles. The average molecular weight is 882 g/mol. The van der Waals surface area contributed by atoms with Gasteiger partial charge in [0.15, 0.2) is 23.1 Å². The molecule has 0 saturated carbocycles.